The number of amides is 1. The summed E-state index contributed by atoms with van der Waals surface area (Å²) >= 11 is 3.27. The largest absolute Gasteiger partial charge is 0.377 e. The SMILES string of the molecule is CC1(C)Cc2nc(N3CCOCC3Cc3cccc(Nc4ccc5sccc5c4)c3)sc2C(=O)N1. The molecule has 8 heteroatoms. The van der Waals surface area contributed by atoms with Gasteiger partial charge in [-0.1, -0.05) is 23.5 Å². The zero-order chi connectivity index (χ0) is 24.0. The molecule has 4 heterocycles. The van der Waals surface area contributed by atoms with E-state index >= 15 is 0 Å². The highest BCUT2D eigenvalue weighted by molar-refractivity contribution is 7.17. The Morgan fingerprint density at radius 2 is 2.09 bits per heavy atom. The van der Waals surface area contributed by atoms with Crippen molar-refractivity contribution in [1.29, 1.82) is 0 Å². The number of thiophene rings is 1. The van der Waals surface area contributed by atoms with E-state index in [0.29, 0.717) is 13.2 Å². The number of anilines is 3. The number of ether oxygens (including phenoxy) is 1. The lowest BCUT2D eigenvalue weighted by Gasteiger charge is -2.35. The molecule has 0 aliphatic carbocycles. The van der Waals surface area contributed by atoms with Gasteiger partial charge in [0, 0.05) is 34.6 Å². The van der Waals surface area contributed by atoms with Gasteiger partial charge in [-0.2, -0.15) is 0 Å². The van der Waals surface area contributed by atoms with E-state index in [-0.39, 0.29) is 17.5 Å². The molecule has 0 bridgehead atoms. The Morgan fingerprint density at radius 3 is 3.00 bits per heavy atom. The van der Waals surface area contributed by atoms with Gasteiger partial charge in [0.1, 0.15) is 4.88 Å². The highest BCUT2D eigenvalue weighted by atomic mass is 32.1. The number of nitrogens with zero attached hydrogens (tertiary/aromatic N) is 2. The predicted molar refractivity (Wildman–Crippen MR) is 145 cm³/mol. The first-order valence-corrected chi connectivity index (χ1v) is 13.6. The number of benzene rings is 2. The fourth-order valence-electron chi connectivity index (χ4n) is 4.92. The monoisotopic (exact) mass is 504 g/mol. The maximum atomic E-state index is 12.6. The van der Waals surface area contributed by atoms with Gasteiger partial charge < -0.3 is 20.3 Å². The molecule has 4 aromatic rings. The fourth-order valence-corrected chi connectivity index (χ4v) is 6.77. The summed E-state index contributed by atoms with van der Waals surface area (Å²) in [5.74, 6) is -0.00998. The smallest absolute Gasteiger partial charge is 0.263 e. The Balaban J connectivity index is 1.21. The molecule has 1 saturated heterocycles. The van der Waals surface area contributed by atoms with E-state index in [1.165, 1.54) is 27.0 Å². The molecule has 1 atom stereocenters. The van der Waals surface area contributed by atoms with Gasteiger partial charge in [0.05, 0.1) is 24.9 Å². The van der Waals surface area contributed by atoms with Crippen molar-refractivity contribution < 1.29 is 9.53 Å². The molecule has 35 heavy (non-hydrogen) atoms. The van der Waals surface area contributed by atoms with Crippen LogP contribution in [0.4, 0.5) is 16.5 Å². The van der Waals surface area contributed by atoms with Crippen LogP contribution in [0.25, 0.3) is 10.1 Å². The van der Waals surface area contributed by atoms with Gasteiger partial charge >= 0.3 is 0 Å². The Labute approximate surface area is 213 Å². The van der Waals surface area contributed by atoms with Crippen molar-refractivity contribution in [2.45, 2.75) is 38.3 Å². The normalized spacial score (nSPS) is 19.4. The van der Waals surface area contributed by atoms with Crippen molar-refractivity contribution in [3.8, 4) is 0 Å². The lowest BCUT2D eigenvalue weighted by molar-refractivity contribution is 0.0900. The van der Waals surface area contributed by atoms with Gasteiger partial charge in [-0.15, -0.1) is 11.3 Å². The Bertz CT molecular complexity index is 1390. The highest BCUT2D eigenvalue weighted by Crippen LogP contribution is 2.34. The van der Waals surface area contributed by atoms with Gasteiger partial charge in [-0.25, -0.2) is 4.98 Å². The Kier molecular flexibility index (Phi) is 5.75. The van der Waals surface area contributed by atoms with Crippen molar-refractivity contribution >= 4 is 55.2 Å². The minimum absolute atomic E-state index is 0.00998. The summed E-state index contributed by atoms with van der Waals surface area (Å²) in [6.07, 6.45) is 1.60. The highest BCUT2D eigenvalue weighted by Gasteiger charge is 2.35. The summed E-state index contributed by atoms with van der Waals surface area (Å²) in [4.78, 5) is 20.6. The predicted octanol–water partition coefficient (Wildman–Crippen LogP) is 5.61. The first kappa shape index (κ1) is 22.5. The third-order valence-corrected chi connectivity index (χ3v) is 8.60. The molecule has 6 nitrogen and oxygen atoms in total. The molecule has 2 N–H and O–H groups in total. The van der Waals surface area contributed by atoms with E-state index in [0.717, 1.165) is 46.5 Å². The van der Waals surface area contributed by atoms with Crippen molar-refractivity contribution in [2.24, 2.45) is 0 Å². The molecule has 0 saturated carbocycles. The van der Waals surface area contributed by atoms with Crippen LogP contribution in [0.3, 0.4) is 0 Å². The standard InChI is InChI=1S/C27H28N4O2S2/c1-27(2)15-22-24(25(32)30-27)35-26(29-22)31-9-10-33-16-21(31)13-17-4-3-5-19(12-17)28-20-6-7-23-18(14-20)8-11-34-23/h3-8,11-12,14,21,28H,9-10,13,15-16H2,1-2H3,(H,30,32). The number of nitrogens with one attached hydrogen (secondary N) is 2. The van der Waals surface area contributed by atoms with Crippen molar-refractivity contribution in [1.82, 2.24) is 10.3 Å². The lowest BCUT2D eigenvalue weighted by atomic mass is 9.94. The van der Waals surface area contributed by atoms with E-state index in [2.05, 4.69) is 69.4 Å². The zero-order valence-corrected chi connectivity index (χ0v) is 21.5. The topological polar surface area (TPSA) is 66.5 Å². The van der Waals surface area contributed by atoms with Crippen LogP contribution in [0.5, 0.6) is 0 Å². The number of thiazole rings is 1. The molecule has 1 amide bonds. The van der Waals surface area contributed by atoms with Crippen molar-refractivity contribution in [2.75, 3.05) is 30.0 Å². The number of aromatic nitrogens is 1. The molecule has 0 radical (unpaired) electrons. The molecule has 2 aromatic heterocycles. The van der Waals surface area contributed by atoms with Crippen molar-refractivity contribution in [3.63, 3.8) is 0 Å². The van der Waals surface area contributed by atoms with E-state index in [4.69, 9.17) is 9.72 Å². The number of hydrogen-bond acceptors (Lipinski definition) is 7. The first-order chi connectivity index (χ1) is 16.9. The maximum absolute atomic E-state index is 12.6. The van der Waals surface area contributed by atoms with E-state index in [9.17, 15) is 4.79 Å². The Hall–Kier alpha value is -2.94. The third kappa shape index (κ3) is 4.66. The van der Waals surface area contributed by atoms with Gasteiger partial charge in [-0.3, -0.25) is 4.79 Å². The number of morpholine rings is 1. The van der Waals surface area contributed by atoms with E-state index in [1.807, 2.05) is 13.8 Å². The quantitative estimate of drug-likeness (QED) is 0.370. The van der Waals surface area contributed by atoms with Gasteiger partial charge in [-0.05, 0) is 73.0 Å². The second-order valence-corrected chi connectivity index (χ2v) is 11.8. The number of carbonyl (C=O) groups excluding carboxylic acids is 1. The summed E-state index contributed by atoms with van der Waals surface area (Å²) in [5, 5.41) is 11.0. The fraction of sp³-hybridized carbons (Fsp3) is 0.333. The molecule has 2 aromatic carbocycles. The van der Waals surface area contributed by atoms with Crippen LogP contribution in [-0.2, 0) is 17.6 Å². The van der Waals surface area contributed by atoms with Gasteiger partial charge in [0.2, 0.25) is 0 Å². The minimum atomic E-state index is -0.263. The molecule has 1 fully saturated rings. The van der Waals surface area contributed by atoms with E-state index in [1.54, 1.807) is 11.3 Å². The molecule has 1 unspecified atom stereocenters. The molecular weight excluding hydrogens is 476 g/mol. The number of rotatable bonds is 5. The lowest BCUT2D eigenvalue weighted by Crippen LogP contribution is -2.48. The zero-order valence-electron chi connectivity index (χ0n) is 19.8. The van der Waals surface area contributed by atoms with Crippen LogP contribution in [0, 0.1) is 0 Å². The molecule has 2 aliphatic rings. The second-order valence-electron chi connectivity index (χ2n) is 9.91. The molecular formula is C27H28N4O2S2. The van der Waals surface area contributed by atoms with Gasteiger partial charge in [0.15, 0.2) is 5.13 Å². The summed E-state index contributed by atoms with van der Waals surface area (Å²) in [6.45, 7) is 6.19. The molecule has 6 rings (SSSR count). The average molecular weight is 505 g/mol. The number of carbonyl (C=O) groups is 1. The molecule has 180 valence electrons. The summed E-state index contributed by atoms with van der Waals surface area (Å²) < 4.78 is 7.16. The second kappa shape index (κ2) is 8.93. The maximum Gasteiger partial charge on any atom is 0.263 e. The number of hydrogen-bond donors (Lipinski definition) is 2. The van der Waals surface area contributed by atoms with Gasteiger partial charge in [0.25, 0.3) is 5.91 Å². The van der Waals surface area contributed by atoms with Crippen LogP contribution in [0.15, 0.2) is 53.9 Å². The summed E-state index contributed by atoms with van der Waals surface area (Å²) in [6, 6.07) is 17.4. The summed E-state index contributed by atoms with van der Waals surface area (Å²) in [5.41, 5.74) is 4.06. The van der Waals surface area contributed by atoms with E-state index < -0.39 is 0 Å². The number of fused-ring (bicyclic) bond motifs is 2. The molecule has 2 aliphatic heterocycles. The third-order valence-electron chi connectivity index (χ3n) is 6.57. The van der Waals surface area contributed by atoms with Crippen LogP contribution in [0.1, 0.15) is 34.8 Å². The summed E-state index contributed by atoms with van der Waals surface area (Å²) in [7, 11) is 0. The van der Waals surface area contributed by atoms with Crippen LogP contribution in [0.2, 0.25) is 0 Å². The Morgan fingerprint density at radius 1 is 1.20 bits per heavy atom. The van der Waals surface area contributed by atoms with Crippen LogP contribution < -0.4 is 15.5 Å². The minimum Gasteiger partial charge on any atom is -0.377 e. The van der Waals surface area contributed by atoms with Crippen LogP contribution in [-0.4, -0.2) is 42.2 Å². The van der Waals surface area contributed by atoms with Crippen molar-refractivity contribution in [3.05, 3.63) is 70.0 Å². The first-order valence-electron chi connectivity index (χ1n) is 11.9. The molecule has 0 spiro atoms. The average Bonchev–Trinajstić information content (AvgIpc) is 3.46. The van der Waals surface area contributed by atoms with Crippen LogP contribution >= 0.6 is 22.7 Å².